The highest BCUT2D eigenvalue weighted by atomic mass is 35.6. The second-order valence-corrected chi connectivity index (χ2v) is 4.18. The van der Waals surface area contributed by atoms with Crippen molar-refractivity contribution in [3.05, 3.63) is 30.5 Å². The molecule has 1 N–H and O–H groups in total. The number of alkyl halides is 3. The van der Waals surface area contributed by atoms with E-state index in [1.807, 2.05) is 30.5 Å². The Balaban J connectivity index is 0.000000184. The molecule has 2 nitrogen and oxygen atoms in total. The van der Waals surface area contributed by atoms with Gasteiger partial charge in [0.1, 0.15) is 0 Å². The summed E-state index contributed by atoms with van der Waals surface area (Å²) in [5, 5.41) is 7.91. The highest BCUT2D eigenvalue weighted by Crippen LogP contribution is 2.07. The van der Waals surface area contributed by atoms with E-state index in [-0.39, 0.29) is 0 Å². The fourth-order valence-corrected chi connectivity index (χ4v) is 0.883. The van der Waals surface area contributed by atoms with Crippen LogP contribution in [0.15, 0.2) is 30.5 Å². The third kappa shape index (κ3) is 3.85. The molecule has 1 aromatic carbocycles. The van der Waals surface area contributed by atoms with Gasteiger partial charge in [0, 0.05) is 5.39 Å². The second-order valence-electron chi connectivity index (χ2n) is 2.20. The Kier molecular flexibility index (Phi) is 4.36. The average Bonchev–Trinajstić information content (AvgIpc) is 2.49. The van der Waals surface area contributed by atoms with E-state index < -0.39 is 4.30 Å². The van der Waals surface area contributed by atoms with E-state index in [1.165, 1.54) is 0 Å². The van der Waals surface area contributed by atoms with Gasteiger partial charge in [0.25, 0.3) is 0 Å². The predicted molar refractivity (Wildman–Crippen MR) is 57.4 cm³/mol. The third-order valence-electron chi connectivity index (χ3n) is 1.35. The van der Waals surface area contributed by atoms with Crippen LogP contribution < -0.4 is 0 Å². The van der Waals surface area contributed by atoms with Crippen molar-refractivity contribution >= 4 is 45.7 Å². The summed E-state index contributed by atoms with van der Waals surface area (Å²) in [5.74, 6) is 0. The van der Waals surface area contributed by atoms with E-state index in [1.54, 1.807) is 0 Å². The third-order valence-corrected chi connectivity index (χ3v) is 1.35. The summed E-state index contributed by atoms with van der Waals surface area (Å²) < 4.78 is -0.750. The average molecular weight is 238 g/mol. The standard InChI is InChI=1S/C7H6N2.CHCl3/c1-2-4-7-6(3-1)5-8-9-7;2-1(3)4/h1-5H,(H,8,9);1H. The Morgan fingerprint density at radius 1 is 1.15 bits per heavy atom. The Hall–Kier alpha value is -0.440. The van der Waals surface area contributed by atoms with Gasteiger partial charge in [0.15, 0.2) is 4.30 Å². The number of para-hydroxylation sites is 1. The van der Waals surface area contributed by atoms with Gasteiger partial charge >= 0.3 is 0 Å². The lowest BCUT2D eigenvalue weighted by Gasteiger charge is -1.81. The van der Waals surface area contributed by atoms with Crippen molar-refractivity contribution in [2.75, 3.05) is 0 Å². The van der Waals surface area contributed by atoms with Crippen molar-refractivity contribution < 1.29 is 0 Å². The summed E-state index contributed by atoms with van der Waals surface area (Å²) in [4.78, 5) is 0. The predicted octanol–water partition coefficient (Wildman–Crippen LogP) is 3.55. The molecule has 0 bridgehead atoms. The van der Waals surface area contributed by atoms with E-state index in [0.717, 1.165) is 10.9 Å². The monoisotopic (exact) mass is 236 g/mol. The SMILES string of the molecule is ClC(Cl)Cl.c1ccc2[nH]ncc2c1. The van der Waals surface area contributed by atoms with Crippen LogP contribution in [0.25, 0.3) is 10.9 Å². The Morgan fingerprint density at radius 3 is 2.38 bits per heavy atom. The maximum atomic E-state index is 4.81. The zero-order chi connectivity index (χ0) is 9.68. The number of halogens is 3. The van der Waals surface area contributed by atoms with Gasteiger partial charge in [-0.15, -0.1) is 0 Å². The number of H-pyrrole nitrogens is 1. The first-order valence-corrected chi connectivity index (χ1v) is 4.81. The molecule has 70 valence electrons. The molecule has 2 aromatic rings. The first kappa shape index (κ1) is 10.6. The van der Waals surface area contributed by atoms with Crippen LogP contribution in [0.2, 0.25) is 0 Å². The van der Waals surface area contributed by atoms with E-state index in [9.17, 15) is 0 Å². The molecule has 0 saturated carbocycles. The van der Waals surface area contributed by atoms with Crippen LogP contribution in [-0.2, 0) is 0 Å². The number of rotatable bonds is 0. The first-order chi connectivity index (χ1) is 6.20. The fourth-order valence-electron chi connectivity index (χ4n) is 0.883. The minimum Gasteiger partial charge on any atom is -0.278 e. The summed E-state index contributed by atoms with van der Waals surface area (Å²) in [7, 11) is 0. The zero-order valence-corrected chi connectivity index (χ0v) is 8.81. The van der Waals surface area contributed by atoms with Gasteiger partial charge in [-0.25, -0.2) is 0 Å². The molecule has 0 radical (unpaired) electrons. The van der Waals surface area contributed by atoms with Gasteiger partial charge in [-0.05, 0) is 6.07 Å². The fraction of sp³-hybridized carbons (Fsp3) is 0.125. The summed E-state index contributed by atoms with van der Waals surface area (Å²) in [6.45, 7) is 0. The number of benzene rings is 1. The molecule has 1 heterocycles. The Labute approximate surface area is 90.8 Å². The summed E-state index contributed by atoms with van der Waals surface area (Å²) in [5.41, 5.74) is 1.09. The largest absolute Gasteiger partial charge is 0.278 e. The van der Waals surface area contributed by atoms with Gasteiger partial charge in [0.2, 0.25) is 0 Å². The van der Waals surface area contributed by atoms with E-state index in [0.29, 0.717) is 0 Å². The number of hydrogen-bond donors (Lipinski definition) is 1. The highest BCUT2D eigenvalue weighted by Gasteiger charge is 1.88. The topological polar surface area (TPSA) is 28.7 Å². The van der Waals surface area contributed by atoms with Gasteiger partial charge in [-0.3, -0.25) is 5.10 Å². The first-order valence-electron chi connectivity index (χ1n) is 3.50. The molecule has 0 unspecified atom stereocenters. The van der Waals surface area contributed by atoms with Crippen molar-refractivity contribution in [3.63, 3.8) is 0 Å². The maximum Gasteiger partial charge on any atom is 0.180 e. The molecule has 2 rings (SSSR count). The van der Waals surface area contributed by atoms with Crippen LogP contribution >= 0.6 is 34.8 Å². The molecule has 0 atom stereocenters. The van der Waals surface area contributed by atoms with Gasteiger partial charge in [-0.1, -0.05) is 53.0 Å². The Morgan fingerprint density at radius 2 is 1.77 bits per heavy atom. The van der Waals surface area contributed by atoms with Crippen molar-refractivity contribution in [2.24, 2.45) is 0 Å². The van der Waals surface area contributed by atoms with Crippen LogP contribution in [0.3, 0.4) is 0 Å². The maximum absolute atomic E-state index is 4.81. The summed E-state index contributed by atoms with van der Waals surface area (Å²) >= 11 is 14.4. The molecule has 0 spiro atoms. The molecule has 0 aliphatic carbocycles. The molecule has 0 aliphatic rings. The van der Waals surface area contributed by atoms with Crippen molar-refractivity contribution in [1.29, 1.82) is 0 Å². The molecule has 5 heteroatoms. The zero-order valence-electron chi connectivity index (χ0n) is 6.55. The number of nitrogens with one attached hydrogen (secondary N) is 1. The van der Waals surface area contributed by atoms with E-state index >= 15 is 0 Å². The van der Waals surface area contributed by atoms with Crippen molar-refractivity contribution in [3.8, 4) is 0 Å². The lowest BCUT2D eigenvalue weighted by Crippen LogP contribution is -1.63. The quantitative estimate of drug-likeness (QED) is 0.698. The molecule has 0 amide bonds. The van der Waals surface area contributed by atoms with Crippen LogP contribution in [-0.4, -0.2) is 14.5 Å². The van der Waals surface area contributed by atoms with E-state index in [4.69, 9.17) is 34.8 Å². The minimum absolute atomic E-state index is 0.750. The summed E-state index contributed by atoms with van der Waals surface area (Å²) in [6, 6.07) is 8.01. The Bertz CT molecular complexity index is 326. The van der Waals surface area contributed by atoms with Gasteiger partial charge in [-0.2, -0.15) is 5.10 Å². The van der Waals surface area contributed by atoms with Crippen molar-refractivity contribution in [2.45, 2.75) is 4.30 Å². The van der Waals surface area contributed by atoms with Crippen LogP contribution in [0.5, 0.6) is 0 Å². The normalized spacial score (nSPS) is 9.85. The highest BCUT2D eigenvalue weighted by molar-refractivity contribution is 6.63. The molecule has 1 aromatic heterocycles. The molecule has 0 aliphatic heterocycles. The number of hydrogen-bond acceptors (Lipinski definition) is 1. The lowest BCUT2D eigenvalue weighted by atomic mass is 10.3. The molecular weight excluding hydrogens is 230 g/mol. The number of fused-ring (bicyclic) bond motifs is 1. The van der Waals surface area contributed by atoms with Gasteiger partial charge in [0.05, 0.1) is 11.7 Å². The van der Waals surface area contributed by atoms with Crippen LogP contribution in [0.4, 0.5) is 0 Å². The smallest absolute Gasteiger partial charge is 0.180 e. The molecule has 0 fully saturated rings. The van der Waals surface area contributed by atoms with Crippen LogP contribution in [0, 0.1) is 0 Å². The van der Waals surface area contributed by atoms with Crippen LogP contribution in [0.1, 0.15) is 0 Å². The molecule has 0 saturated heterocycles. The number of aromatic nitrogens is 2. The second kappa shape index (κ2) is 5.32. The number of nitrogens with zero attached hydrogens (tertiary/aromatic N) is 1. The number of aromatic amines is 1. The van der Waals surface area contributed by atoms with Gasteiger partial charge < -0.3 is 0 Å². The lowest BCUT2D eigenvalue weighted by molar-refractivity contribution is 1.12. The molecular formula is C8H7Cl3N2. The van der Waals surface area contributed by atoms with Crippen molar-refractivity contribution in [1.82, 2.24) is 10.2 Å². The molecule has 13 heavy (non-hydrogen) atoms. The minimum atomic E-state index is -0.750. The van der Waals surface area contributed by atoms with E-state index in [2.05, 4.69) is 10.2 Å². The summed E-state index contributed by atoms with van der Waals surface area (Å²) in [6.07, 6.45) is 1.81.